The summed E-state index contributed by atoms with van der Waals surface area (Å²) < 4.78 is 0. The van der Waals surface area contributed by atoms with Crippen LogP contribution < -0.4 is 5.32 Å². The SMILES string of the molecule is CCCNC(=O)[C@H](CC)N(Cc1ccccc1C)C(=O)Cc1ccccc1C. The molecule has 0 radical (unpaired) electrons. The van der Waals surface area contributed by atoms with Crippen LogP contribution in [0, 0.1) is 13.8 Å². The Morgan fingerprint density at radius 1 is 0.929 bits per heavy atom. The van der Waals surface area contributed by atoms with Gasteiger partial charge in [-0.2, -0.15) is 0 Å². The summed E-state index contributed by atoms with van der Waals surface area (Å²) in [4.78, 5) is 27.8. The van der Waals surface area contributed by atoms with E-state index in [1.165, 1.54) is 0 Å². The Labute approximate surface area is 169 Å². The van der Waals surface area contributed by atoms with Crippen LogP contribution in [0.4, 0.5) is 0 Å². The molecule has 4 heteroatoms. The van der Waals surface area contributed by atoms with Crippen LogP contribution in [0.1, 0.15) is 48.9 Å². The van der Waals surface area contributed by atoms with Gasteiger partial charge >= 0.3 is 0 Å². The number of hydrogen-bond acceptors (Lipinski definition) is 2. The van der Waals surface area contributed by atoms with Crippen molar-refractivity contribution in [3.63, 3.8) is 0 Å². The van der Waals surface area contributed by atoms with Gasteiger partial charge in [0.05, 0.1) is 6.42 Å². The van der Waals surface area contributed by atoms with Crippen molar-refractivity contribution in [1.82, 2.24) is 10.2 Å². The zero-order valence-electron chi connectivity index (χ0n) is 17.5. The van der Waals surface area contributed by atoms with Gasteiger partial charge in [-0.25, -0.2) is 0 Å². The summed E-state index contributed by atoms with van der Waals surface area (Å²) in [6.45, 7) is 9.10. The first-order valence-corrected chi connectivity index (χ1v) is 10.1. The van der Waals surface area contributed by atoms with E-state index in [1.807, 2.05) is 76.2 Å². The topological polar surface area (TPSA) is 49.4 Å². The Bertz CT molecular complexity index is 801. The number of rotatable bonds is 9. The molecular weight excluding hydrogens is 348 g/mol. The molecule has 0 saturated heterocycles. The van der Waals surface area contributed by atoms with Crippen molar-refractivity contribution in [1.29, 1.82) is 0 Å². The van der Waals surface area contributed by atoms with E-state index in [2.05, 4.69) is 5.32 Å². The van der Waals surface area contributed by atoms with E-state index in [0.717, 1.165) is 28.7 Å². The first kappa shape index (κ1) is 21.7. The van der Waals surface area contributed by atoms with Gasteiger partial charge in [-0.15, -0.1) is 0 Å². The molecule has 1 atom stereocenters. The highest BCUT2D eigenvalue weighted by atomic mass is 16.2. The molecule has 0 heterocycles. The van der Waals surface area contributed by atoms with Crippen LogP contribution in [-0.2, 0) is 22.6 Å². The number of benzene rings is 2. The molecule has 0 unspecified atom stereocenters. The summed E-state index contributed by atoms with van der Waals surface area (Å²) in [5.74, 6) is -0.0906. The Balaban J connectivity index is 2.31. The number of hydrogen-bond donors (Lipinski definition) is 1. The fraction of sp³-hybridized carbons (Fsp3) is 0.417. The highest BCUT2D eigenvalue weighted by Crippen LogP contribution is 2.18. The van der Waals surface area contributed by atoms with Crippen LogP contribution in [0.25, 0.3) is 0 Å². The van der Waals surface area contributed by atoms with Crippen LogP contribution >= 0.6 is 0 Å². The number of carbonyl (C=O) groups excluding carboxylic acids is 2. The van der Waals surface area contributed by atoms with Crippen LogP contribution in [0.2, 0.25) is 0 Å². The number of amides is 2. The minimum atomic E-state index is -0.470. The molecular formula is C24H32N2O2. The summed E-state index contributed by atoms with van der Waals surface area (Å²) >= 11 is 0. The third-order valence-electron chi connectivity index (χ3n) is 5.14. The van der Waals surface area contributed by atoms with E-state index < -0.39 is 6.04 Å². The average molecular weight is 381 g/mol. The van der Waals surface area contributed by atoms with Crippen molar-refractivity contribution in [3.8, 4) is 0 Å². The second-order valence-corrected chi connectivity index (χ2v) is 7.27. The van der Waals surface area contributed by atoms with Crippen molar-refractivity contribution in [2.24, 2.45) is 0 Å². The highest BCUT2D eigenvalue weighted by molar-refractivity contribution is 5.88. The maximum atomic E-state index is 13.3. The molecule has 0 bridgehead atoms. The number of nitrogens with zero attached hydrogens (tertiary/aromatic N) is 1. The minimum Gasteiger partial charge on any atom is -0.354 e. The summed E-state index contributed by atoms with van der Waals surface area (Å²) in [5, 5.41) is 2.96. The van der Waals surface area contributed by atoms with Gasteiger partial charge in [0, 0.05) is 13.1 Å². The summed E-state index contributed by atoms with van der Waals surface area (Å²) in [6, 6.07) is 15.5. The summed E-state index contributed by atoms with van der Waals surface area (Å²) in [5.41, 5.74) is 4.30. The number of aryl methyl sites for hydroxylation is 2. The van der Waals surface area contributed by atoms with Crippen LogP contribution in [0.5, 0.6) is 0 Å². The fourth-order valence-electron chi connectivity index (χ4n) is 3.33. The summed E-state index contributed by atoms with van der Waals surface area (Å²) in [7, 11) is 0. The molecule has 0 spiro atoms. The molecule has 0 fully saturated rings. The maximum absolute atomic E-state index is 13.3. The Hall–Kier alpha value is -2.62. The van der Waals surface area contributed by atoms with Crippen molar-refractivity contribution in [2.75, 3.05) is 6.54 Å². The molecule has 0 aliphatic heterocycles. The van der Waals surface area contributed by atoms with Gasteiger partial charge in [-0.05, 0) is 48.9 Å². The molecule has 2 aromatic carbocycles. The largest absolute Gasteiger partial charge is 0.354 e. The van der Waals surface area contributed by atoms with E-state index in [4.69, 9.17) is 0 Å². The normalized spacial score (nSPS) is 11.7. The zero-order valence-corrected chi connectivity index (χ0v) is 17.5. The smallest absolute Gasteiger partial charge is 0.242 e. The minimum absolute atomic E-state index is 0.0175. The van der Waals surface area contributed by atoms with Crippen molar-refractivity contribution >= 4 is 11.8 Å². The van der Waals surface area contributed by atoms with E-state index >= 15 is 0 Å². The lowest BCUT2D eigenvalue weighted by Crippen LogP contribution is -2.49. The second-order valence-electron chi connectivity index (χ2n) is 7.27. The molecule has 2 amide bonds. The van der Waals surface area contributed by atoms with Gasteiger partial charge in [0.2, 0.25) is 11.8 Å². The molecule has 0 aliphatic carbocycles. The maximum Gasteiger partial charge on any atom is 0.242 e. The predicted molar refractivity (Wildman–Crippen MR) is 114 cm³/mol. The van der Waals surface area contributed by atoms with Crippen molar-refractivity contribution in [2.45, 2.75) is 59.5 Å². The molecule has 0 aliphatic rings. The van der Waals surface area contributed by atoms with Gasteiger partial charge in [0.1, 0.15) is 6.04 Å². The lowest BCUT2D eigenvalue weighted by Gasteiger charge is -2.31. The molecule has 2 aromatic rings. The molecule has 1 N–H and O–H groups in total. The van der Waals surface area contributed by atoms with Gasteiger partial charge in [0.25, 0.3) is 0 Å². The lowest BCUT2D eigenvalue weighted by molar-refractivity contribution is -0.140. The molecule has 2 rings (SSSR count). The van der Waals surface area contributed by atoms with E-state index in [0.29, 0.717) is 25.9 Å². The standard InChI is InChI=1S/C24H32N2O2/c1-5-15-25-24(28)22(6-2)26(17-21-14-10-8-12-19(21)4)23(27)16-20-13-9-7-11-18(20)3/h7-14,22H,5-6,15-17H2,1-4H3,(H,25,28)/t22-/m0/s1. The Kier molecular flexibility index (Phi) is 8.24. The first-order valence-electron chi connectivity index (χ1n) is 10.1. The third kappa shape index (κ3) is 5.69. The Morgan fingerprint density at radius 3 is 2.04 bits per heavy atom. The zero-order chi connectivity index (χ0) is 20.5. The molecule has 4 nitrogen and oxygen atoms in total. The average Bonchev–Trinajstić information content (AvgIpc) is 2.69. The van der Waals surface area contributed by atoms with Crippen molar-refractivity contribution < 1.29 is 9.59 Å². The molecule has 0 aromatic heterocycles. The fourth-order valence-corrected chi connectivity index (χ4v) is 3.33. The number of carbonyl (C=O) groups is 2. The lowest BCUT2D eigenvalue weighted by atomic mass is 10.0. The van der Waals surface area contributed by atoms with Crippen molar-refractivity contribution in [3.05, 3.63) is 70.8 Å². The first-order chi connectivity index (χ1) is 13.5. The predicted octanol–water partition coefficient (Wildman–Crippen LogP) is 4.18. The van der Waals surface area contributed by atoms with Gasteiger partial charge in [-0.3, -0.25) is 9.59 Å². The summed E-state index contributed by atoms with van der Waals surface area (Å²) in [6.07, 6.45) is 1.76. The quantitative estimate of drug-likeness (QED) is 0.709. The van der Waals surface area contributed by atoms with Crippen LogP contribution in [0.15, 0.2) is 48.5 Å². The third-order valence-corrected chi connectivity index (χ3v) is 5.14. The van der Waals surface area contributed by atoms with Gasteiger partial charge in [-0.1, -0.05) is 62.4 Å². The van der Waals surface area contributed by atoms with Gasteiger partial charge < -0.3 is 10.2 Å². The Morgan fingerprint density at radius 2 is 1.50 bits per heavy atom. The monoisotopic (exact) mass is 380 g/mol. The van der Waals surface area contributed by atoms with Gasteiger partial charge in [0.15, 0.2) is 0 Å². The van der Waals surface area contributed by atoms with E-state index in [1.54, 1.807) is 4.90 Å². The highest BCUT2D eigenvalue weighted by Gasteiger charge is 2.28. The number of nitrogens with one attached hydrogen (secondary N) is 1. The van der Waals surface area contributed by atoms with Crippen LogP contribution in [-0.4, -0.2) is 29.3 Å². The van der Waals surface area contributed by atoms with E-state index in [-0.39, 0.29) is 11.8 Å². The van der Waals surface area contributed by atoms with Crippen LogP contribution in [0.3, 0.4) is 0 Å². The van der Waals surface area contributed by atoms with E-state index in [9.17, 15) is 9.59 Å². The molecule has 0 saturated carbocycles. The second kappa shape index (κ2) is 10.6. The molecule has 28 heavy (non-hydrogen) atoms. The molecule has 150 valence electrons.